The largest absolute Gasteiger partial charge is 0.423 e. The lowest BCUT2D eigenvalue weighted by Crippen LogP contribution is -2.52. The molecule has 3 aliphatic rings. The Morgan fingerprint density at radius 3 is 3.07 bits per heavy atom. The van der Waals surface area contributed by atoms with Gasteiger partial charge in [0.2, 0.25) is 5.91 Å². The number of nitrogens with one attached hydrogen (secondary N) is 1. The van der Waals surface area contributed by atoms with E-state index >= 15 is 0 Å². The predicted octanol–water partition coefficient (Wildman–Crippen LogP) is 0.452. The predicted molar refractivity (Wildman–Crippen MR) is 102 cm³/mol. The van der Waals surface area contributed by atoms with E-state index in [1.807, 2.05) is 30.0 Å². The van der Waals surface area contributed by atoms with Crippen LogP contribution in [-0.2, 0) is 16.0 Å². The van der Waals surface area contributed by atoms with Gasteiger partial charge in [-0.1, -0.05) is 12.1 Å². The fourth-order valence-electron chi connectivity index (χ4n) is 5.25. The highest BCUT2D eigenvalue weighted by molar-refractivity contribution is 5.87. The van der Waals surface area contributed by atoms with Crippen LogP contribution in [0.15, 0.2) is 33.5 Å². The molecule has 7 heteroatoms. The van der Waals surface area contributed by atoms with Crippen LogP contribution in [0.5, 0.6) is 0 Å². The maximum absolute atomic E-state index is 13.1. The number of hydrogen-bond acceptors (Lipinski definition) is 6. The Kier molecular flexibility index (Phi) is 4.08. The number of ether oxygens (including phenoxy) is 1. The van der Waals surface area contributed by atoms with Crippen molar-refractivity contribution in [2.45, 2.75) is 25.0 Å². The molecule has 4 atom stereocenters. The van der Waals surface area contributed by atoms with Crippen molar-refractivity contribution in [2.24, 2.45) is 11.8 Å². The second-order valence-corrected chi connectivity index (χ2v) is 8.35. The molecule has 7 nitrogen and oxygen atoms in total. The van der Waals surface area contributed by atoms with Gasteiger partial charge in [-0.25, -0.2) is 4.79 Å². The third kappa shape index (κ3) is 2.69. The maximum atomic E-state index is 13.1. The highest BCUT2D eigenvalue weighted by atomic mass is 16.5. The average Bonchev–Trinajstić information content (AvgIpc) is 3.09. The second-order valence-electron chi connectivity index (χ2n) is 8.35. The van der Waals surface area contributed by atoms with Crippen LogP contribution < -0.4 is 10.9 Å². The van der Waals surface area contributed by atoms with Gasteiger partial charge in [-0.2, -0.15) is 0 Å². The first-order valence-corrected chi connectivity index (χ1v) is 9.80. The Hall–Kier alpha value is -2.22. The van der Waals surface area contributed by atoms with Gasteiger partial charge in [-0.3, -0.25) is 4.79 Å². The number of aryl methyl sites for hydroxylation is 1. The molecule has 1 aromatic heterocycles. The monoisotopic (exact) mass is 384 g/mol. The average molecular weight is 384 g/mol. The first kappa shape index (κ1) is 17.8. The third-order valence-electron chi connectivity index (χ3n) is 6.59. The van der Waals surface area contributed by atoms with Gasteiger partial charge in [-0.15, -0.1) is 0 Å². The van der Waals surface area contributed by atoms with Crippen molar-refractivity contribution >= 4 is 16.9 Å². The minimum Gasteiger partial charge on any atom is -0.423 e. The van der Waals surface area contributed by atoms with Gasteiger partial charge in [0.25, 0.3) is 0 Å². The molecule has 2 bridgehead atoms. The number of carbonyl (C=O) groups excluding carboxylic acids is 1. The molecule has 3 aliphatic heterocycles. The minimum absolute atomic E-state index is 0.0203. The number of fused-ring (bicyclic) bond motifs is 2. The standard InChI is InChI=1S/C21H24N2O5/c1-12-2-3-14-13(6-20(26)27-17(14)4-12)5-19(25)23-8-16-15(9-24)18-7-22-10-21(16,11-23)28-18/h2-4,6,15-16,18,22,24H,5,7-11H2,1H3/t15-,16+,18+,21+/m0/s1. The molecule has 3 saturated heterocycles. The zero-order valence-electron chi connectivity index (χ0n) is 15.8. The van der Waals surface area contributed by atoms with E-state index in [9.17, 15) is 14.7 Å². The van der Waals surface area contributed by atoms with Crippen molar-refractivity contribution in [1.29, 1.82) is 0 Å². The minimum atomic E-state index is -0.444. The molecule has 5 rings (SSSR count). The van der Waals surface area contributed by atoms with Crippen LogP contribution in [-0.4, -0.2) is 60.4 Å². The lowest BCUT2D eigenvalue weighted by Gasteiger charge is -2.33. The van der Waals surface area contributed by atoms with E-state index in [0.29, 0.717) is 30.8 Å². The summed E-state index contributed by atoms with van der Waals surface area (Å²) in [6, 6.07) is 7.07. The fraction of sp³-hybridized carbons (Fsp3) is 0.524. The number of hydrogen-bond donors (Lipinski definition) is 2. The van der Waals surface area contributed by atoms with Crippen LogP contribution in [0, 0.1) is 18.8 Å². The molecular formula is C21H24N2O5. The molecule has 2 aromatic rings. The molecule has 1 spiro atoms. The van der Waals surface area contributed by atoms with E-state index < -0.39 is 11.2 Å². The van der Waals surface area contributed by atoms with Crippen molar-refractivity contribution in [1.82, 2.24) is 10.2 Å². The lowest BCUT2D eigenvalue weighted by molar-refractivity contribution is -0.133. The summed E-state index contributed by atoms with van der Waals surface area (Å²) < 4.78 is 11.6. The highest BCUT2D eigenvalue weighted by Crippen LogP contribution is 2.47. The van der Waals surface area contributed by atoms with Crippen LogP contribution in [0.1, 0.15) is 11.1 Å². The van der Waals surface area contributed by atoms with Crippen LogP contribution in [0.2, 0.25) is 0 Å². The Morgan fingerprint density at radius 2 is 2.25 bits per heavy atom. The van der Waals surface area contributed by atoms with E-state index in [1.165, 1.54) is 6.07 Å². The Labute approximate surface area is 162 Å². The summed E-state index contributed by atoms with van der Waals surface area (Å²) in [5.74, 6) is 0.167. The van der Waals surface area contributed by atoms with Crippen molar-refractivity contribution in [3.63, 3.8) is 0 Å². The van der Waals surface area contributed by atoms with Crippen LogP contribution >= 0.6 is 0 Å². The smallest absolute Gasteiger partial charge is 0.336 e. The van der Waals surface area contributed by atoms with E-state index in [-0.39, 0.29) is 36.9 Å². The highest BCUT2D eigenvalue weighted by Gasteiger charge is 2.61. The molecule has 28 heavy (non-hydrogen) atoms. The number of rotatable bonds is 3. The number of aliphatic hydroxyl groups is 1. The van der Waals surface area contributed by atoms with Crippen molar-refractivity contribution in [3.05, 3.63) is 45.8 Å². The molecule has 3 fully saturated rings. The van der Waals surface area contributed by atoms with Crippen LogP contribution in [0.25, 0.3) is 11.0 Å². The summed E-state index contributed by atoms with van der Waals surface area (Å²) in [6.45, 7) is 4.57. The Morgan fingerprint density at radius 1 is 1.39 bits per heavy atom. The van der Waals surface area contributed by atoms with Gasteiger partial charge in [0.15, 0.2) is 0 Å². The van der Waals surface area contributed by atoms with Gasteiger partial charge >= 0.3 is 5.63 Å². The topological polar surface area (TPSA) is 92.0 Å². The Bertz CT molecular complexity index is 1000. The maximum Gasteiger partial charge on any atom is 0.336 e. The summed E-state index contributed by atoms with van der Waals surface area (Å²) in [7, 11) is 0. The molecule has 4 heterocycles. The SMILES string of the molecule is Cc1ccc2c(CC(=O)N3C[C@@H]4[C@H](CO)[C@H]5CNC[C@]4(C3)O5)cc(=O)oc2c1. The van der Waals surface area contributed by atoms with Gasteiger partial charge < -0.3 is 24.5 Å². The molecule has 148 valence electrons. The number of benzene rings is 1. The number of nitrogens with zero attached hydrogens (tertiary/aromatic N) is 1. The number of likely N-dealkylation sites (tertiary alicyclic amines) is 1. The molecule has 0 radical (unpaired) electrons. The van der Waals surface area contributed by atoms with Gasteiger partial charge in [0.05, 0.1) is 19.1 Å². The summed E-state index contributed by atoms with van der Waals surface area (Å²) in [5.41, 5.74) is 1.35. The van der Waals surface area contributed by atoms with E-state index in [2.05, 4.69) is 5.32 Å². The van der Waals surface area contributed by atoms with Crippen LogP contribution in [0.4, 0.5) is 0 Å². The van der Waals surface area contributed by atoms with E-state index in [0.717, 1.165) is 17.5 Å². The number of aliphatic hydroxyl groups excluding tert-OH is 1. The van der Waals surface area contributed by atoms with Crippen molar-refractivity contribution in [3.8, 4) is 0 Å². The number of amides is 1. The lowest BCUT2D eigenvalue weighted by atomic mass is 9.83. The summed E-state index contributed by atoms with van der Waals surface area (Å²) in [5, 5.41) is 14.0. The van der Waals surface area contributed by atoms with Gasteiger partial charge in [0, 0.05) is 49.5 Å². The fourth-order valence-corrected chi connectivity index (χ4v) is 5.25. The summed E-state index contributed by atoms with van der Waals surface area (Å²) >= 11 is 0. The summed E-state index contributed by atoms with van der Waals surface area (Å²) in [6.07, 6.45) is 0.168. The number of morpholine rings is 1. The quantitative estimate of drug-likeness (QED) is 0.747. The third-order valence-corrected chi connectivity index (χ3v) is 6.59. The normalized spacial score (nSPS) is 31.4. The molecule has 1 amide bonds. The molecule has 2 N–H and O–H groups in total. The summed E-state index contributed by atoms with van der Waals surface area (Å²) in [4.78, 5) is 26.9. The first-order valence-electron chi connectivity index (χ1n) is 9.80. The second kappa shape index (κ2) is 6.40. The molecule has 0 unspecified atom stereocenters. The zero-order valence-corrected chi connectivity index (χ0v) is 15.8. The van der Waals surface area contributed by atoms with E-state index in [4.69, 9.17) is 9.15 Å². The Balaban J connectivity index is 1.40. The van der Waals surface area contributed by atoms with Gasteiger partial charge in [-0.05, 0) is 24.1 Å². The van der Waals surface area contributed by atoms with Crippen molar-refractivity contribution in [2.75, 3.05) is 32.8 Å². The molecule has 0 aliphatic carbocycles. The van der Waals surface area contributed by atoms with Crippen molar-refractivity contribution < 1.29 is 19.1 Å². The van der Waals surface area contributed by atoms with Gasteiger partial charge in [0.1, 0.15) is 11.2 Å². The molecule has 0 saturated carbocycles. The zero-order chi connectivity index (χ0) is 19.5. The molecule has 1 aromatic carbocycles. The van der Waals surface area contributed by atoms with Crippen LogP contribution in [0.3, 0.4) is 0 Å². The molecular weight excluding hydrogens is 360 g/mol. The number of carbonyl (C=O) groups is 1. The first-order chi connectivity index (χ1) is 13.5. The van der Waals surface area contributed by atoms with E-state index in [1.54, 1.807) is 0 Å².